The number of hydrogen-bond acceptors (Lipinski definition) is 3. The highest BCUT2D eigenvalue weighted by molar-refractivity contribution is 14.0. The molecule has 2 heterocycles. The fourth-order valence-corrected chi connectivity index (χ4v) is 3.33. The van der Waals surface area contributed by atoms with Crippen molar-refractivity contribution < 1.29 is 9.52 Å². The first-order chi connectivity index (χ1) is 13.5. The summed E-state index contributed by atoms with van der Waals surface area (Å²) in [7, 11) is 0. The molecule has 0 aliphatic heterocycles. The zero-order valence-electron chi connectivity index (χ0n) is 17.3. The van der Waals surface area contributed by atoms with Gasteiger partial charge >= 0.3 is 0 Å². The highest BCUT2D eigenvalue weighted by atomic mass is 127. The Bertz CT molecular complexity index is 916. The zero-order chi connectivity index (χ0) is 20.0. The van der Waals surface area contributed by atoms with Crippen LogP contribution in [-0.2, 0) is 18.4 Å². The number of halogens is 1. The molecule has 7 heteroatoms. The van der Waals surface area contributed by atoms with Crippen LogP contribution in [0.5, 0.6) is 0 Å². The number of nitrogens with zero attached hydrogens (tertiary/aromatic N) is 1. The summed E-state index contributed by atoms with van der Waals surface area (Å²) in [5, 5.41) is 18.4. The number of para-hydroxylation sites is 1. The molecule has 1 unspecified atom stereocenters. The molecule has 4 N–H and O–H groups in total. The van der Waals surface area contributed by atoms with Crippen LogP contribution in [0.15, 0.2) is 52.2 Å². The van der Waals surface area contributed by atoms with Gasteiger partial charge in [-0.05, 0) is 49.9 Å². The van der Waals surface area contributed by atoms with Crippen LogP contribution in [0.1, 0.15) is 37.7 Å². The summed E-state index contributed by atoms with van der Waals surface area (Å²) in [5.41, 5.74) is 2.72. The Hall–Kier alpha value is -2.00. The highest BCUT2D eigenvalue weighted by Crippen LogP contribution is 2.23. The number of rotatable bonds is 8. The smallest absolute Gasteiger partial charge is 0.191 e. The lowest BCUT2D eigenvalue weighted by atomic mass is 10.0. The molecule has 0 aliphatic carbocycles. The molecular weight excluding hydrogens is 479 g/mol. The number of nitrogens with one attached hydrogen (secondary N) is 3. The molecule has 0 saturated carbocycles. The summed E-state index contributed by atoms with van der Waals surface area (Å²) in [6.07, 6.45) is 5.55. The van der Waals surface area contributed by atoms with Gasteiger partial charge in [-0.15, -0.1) is 24.0 Å². The summed E-state index contributed by atoms with van der Waals surface area (Å²) in [6.45, 7) is 7.61. The van der Waals surface area contributed by atoms with Crippen molar-refractivity contribution in [1.29, 1.82) is 0 Å². The SMILES string of the molecule is CCNC(=NCC(C)(O)c1ccco1)NCCc1c[nH]c2c(CC)cccc12.I. The lowest BCUT2D eigenvalue weighted by Gasteiger charge is -2.19. The molecule has 0 aliphatic rings. The van der Waals surface area contributed by atoms with E-state index in [-0.39, 0.29) is 30.5 Å². The van der Waals surface area contributed by atoms with Crippen LogP contribution >= 0.6 is 24.0 Å². The molecule has 0 saturated heterocycles. The van der Waals surface area contributed by atoms with Gasteiger partial charge in [0, 0.05) is 30.2 Å². The fourth-order valence-electron chi connectivity index (χ4n) is 3.33. The minimum Gasteiger partial charge on any atom is -0.466 e. The third kappa shape index (κ3) is 5.76. The Balaban J connectivity index is 0.00000300. The number of aromatic nitrogens is 1. The van der Waals surface area contributed by atoms with Gasteiger partial charge in [-0.2, -0.15) is 0 Å². The molecular formula is C22H31IN4O2. The van der Waals surface area contributed by atoms with E-state index in [0.717, 1.165) is 25.9 Å². The molecule has 1 atom stereocenters. The van der Waals surface area contributed by atoms with Gasteiger partial charge in [-0.3, -0.25) is 0 Å². The summed E-state index contributed by atoms with van der Waals surface area (Å²) in [4.78, 5) is 7.94. The van der Waals surface area contributed by atoms with Gasteiger partial charge in [0.2, 0.25) is 0 Å². The van der Waals surface area contributed by atoms with Crippen LogP contribution in [0.2, 0.25) is 0 Å². The van der Waals surface area contributed by atoms with Crippen molar-refractivity contribution in [3.8, 4) is 0 Å². The summed E-state index contributed by atoms with van der Waals surface area (Å²) >= 11 is 0. The Labute approximate surface area is 189 Å². The maximum Gasteiger partial charge on any atom is 0.191 e. The lowest BCUT2D eigenvalue weighted by molar-refractivity contribution is 0.0437. The van der Waals surface area contributed by atoms with E-state index in [9.17, 15) is 5.11 Å². The second-order valence-electron chi connectivity index (χ2n) is 7.13. The van der Waals surface area contributed by atoms with Crippen molar-refractivity contribution >= 4 is 40.8 Å². The number of hydrogen-bond donors (Lipinski definition) is 4. The average molecular weight is 510 g/mol. The van der Waals surface area contributed by atoms with Crippen LogP contribution in [0.4, 0.5) is 0 Å². The minimum atomic E-state index is -1.14. The first-order valence-electron chi connectivity index (χ1n) is 9.91. The standard InChI is InChI=1S/C22H30N4O2.HI/c1-4-16-8-6-9-18-17(14-25-20(16)18)11-12-24-21(23-5-2)26-15-22(3,27)19-10-7-13-28-19;/h6-10,13-14,25,27H,4-5,11-12,15H2,1-3H3,(H2,23,24,26);1H. The van der Waals surface area contributed by atoms with Crippen molar-refractivity contribution in [2.24, 2.45) is 4.99 Å². The Morgan fingerprint density at radius 1 is 1.17 bits per heavy atom. The van der Waals surface area contributed by atoms with E-state index >= 15 is 0 Å². The first kappa shape index (κ1) is 23.3. The summed E-state index contributed by atoms with van der Waals surface area (Å²) in [6, 6.07) is 9.98. The summed E-state index contributed by atoms with van der Waals surface area (Å²) < 4.78 is 5.32. The molecule has 3 aromatic rings. The number of benzene rings is 1. The average Bonchev–Trinajstić information content (AvgIpc) is 3.37. The van der Waals surface area contributed by atoms with Gasteiger partial charge in [0.25, 0.3) is 0 Å². The number of aliphatic imine (C=N–C) groups is 1. The van der Waals surface area contributed by atoms with Gasteiger partial charge < -0.3 is 25.1 Å². The Kier molecular flexibility index (Phi) is 8.58. The normalized spacial score (nSPS) is 13.7. The molecule has 0 bridgehead atoms. The molecule has 29 heavy (non-hydrogen) atoms. The van der Waals surface area contributed by atoms with E-state index in [1.807, 2.05) is 6.92 Å². The van der Waals surface area contributed by atoms with Crippen molar-refractivity contribution in [2.45, 2.75) is 39.2 Å². The van der Waals surface area contributed by atoms with E-state index in [0.29, 0.717) is 11.7 Å². The number of aliphatic hydroxyl groups is 1. The molecule has 2 aromatic heterocycles. The largest absolute Gasteiger partial charge is 0.466 e. The number of furan rings is 1. The number of guanidine groups is 1. The lowest BCUT2D eigenvalue weighted by Crippen LogP contribution is -2.39. The van der Waals surface area contributed by atoms with E-state index < -0.39 is 5.60 Å². The van der Waals surface area contributed by atoms with Crippen molar-refractivity contribution in [1.82, 2.24) is 15.6 Å². The molecule has 158 valence electrons. The van der Waals surface area contributed by atoms with Gasteiger partial charge in [0.05, 0.1) is 12.8 Å². The third-order valence-electron chi connectivity index (χ3n) is 4.90. The van der Waals surface area contributed by atoms with Crippen LogP contribution in [0.25, 0.3) is 10.9 Å². The number of fused-ring (bicyclic) bond motifs is 1. The van der Waals surface area contributed by atoms with E-state index in [2.05, 4.69) is 51.9 Å². The zero-order valence-corrected chi connectivity index (χ0v) is 19.6. The minimum absolute atomic E-state index is 0. The van der Waals surface area contributed by atoms with Gasteiger partial charge in [-0.1, -0.05) is 25.1 Å². The predicted molar refractivity (Wildman–Crippen MR) is 129 cm³/mol. The third-order valence-corrected chi connectivity index (χ3v) is 4.90. The second kappa shape index (κ2) is 10.7. The maximum atomic E-state index is 10.6. The molecule has 1 aromatic carbocycles. The fraction of sp³-hybridized carbons (Fsp3) is 0.409. The maximum absolute atomic E-state index is 10.6. The summed E-state index contributed by atoms with van der Waals surface area (Å²) in [5.74, 6) is 1.20. The van der Waals surface area contributed by atoms with Crippen molar-refractivity contribution in [3.05, 3.63) is 59.7 Å². The van der Waals surface area contributed by atoms with Gasteiger partial charge in [-0.25, -0.2) is 4.99 Å². The van der Waals surface area contributed by atoms with Crippen LogP contribution < -0.4 is 10.6 Å². The number of H-pyrrole nitrogens is 1. The van der Waals surface area contributed by atoms with Gasteiger partial charge in [0.15, 0.2) is 5.96 Å². The molecule has 6 nitrogen and oxygen atoms in total. The van der Waals surface area contributed by atoms with Crippen LogP contribution in [0, 0.1) is 0 Å². The topological polar surface area (TPSA) is 85.6 Å². The quantitative estimate of drug-likeness (QED) is 0.210. The van der Waals surface area contributed by atoms with Crippen molar-refractivity contribution in [3.63, 3.8) is 0 Å². The number of aryl methyl sites for hydroxylation is 1. The number of aromatic amines is 1. The molecule has 0 spiro atoms. The van der Waals surface area contributed by atoms with E-state index in [1.54, 1.807) is 25.3 Å². The van der Waals surface area contributed by atoms with Crippen LogP contribution in [-0.4, -0.2) is 35.7 Å². The monoisotopic (exact) mass is 510 g/mol. The first-order valence-corrected chi connectivity index (χ1v) is 9.91. The van der Waals surface area contributed by atoms with Crippen molar-refractivity contribution in [2.75, 3.05) is 19.6 Å². The Morgan fingerprint density at radius 3 is 2.69 bits per heavy atom. The molecule has 0 radical (unpaired) electrons. The highest BCUT2D eigenvalue weighted by Gasteiger charge is 2.26. The predicted octanol–water partition coefficient (Wildman–Crippen LogP) is 3.95. The van der Waals surface area contributed by atoms with E-state index in [4.69, 9.17) is 4.42 Å². The Morgan fingerprint density at radius 2 is 2.00 bits per heavy atom. The molecule has 3 rings (SSSR count). The van der Waals surface area contributed by atoms with E-state index in [1.165, 1.54) is 22.0 Å². The van der Waals surface area contributed by atoms with Crippen LogP contribution in [0.3, 0.4) is 0 Å². The second-order valence-corrected chi connectivity index (χ2v) is 7.13. The van der Waals surface area contributed by atoms with Gasteiger partial charge in [0.1, 0.15) is 11.4 Å². The molecule has 0 fully saturated rings. The molecule has 0 amide bonds.